The molecule has 1 aliphatic rings. The average molecular weight is 516 g/mol. The number of halogens is 1. The van der Waals surface area contributed by atoms with E-state index in [-0.39, 0.29) is 29.3 Å². The highest BCUT2D eigenvalue weighted by atomic mass is 35.5. The second-order valence-corrected chi connectivity index (χ2v) is 8.18. The van der Waals surface area contributed by atoms with Crippen molar-refractivity contribution in [3.05, 3.63) is 75.6 Å². The molecule has 9 nitrogen and oxygen atoms in total. The standard InChI is InChI=1S/C26H26ClNO8/c1-14-22(25(30)33-4)24(23(15(2)28-14)26(31)34-5)16-6-11-19(20(12-16)32-3)36-21(29)13-35-18-9-7-17(27)8-10-18/h6-12,24,28H,13H2,1-5H3. The van der Waals surface area contributed by atoms with Gasteiger partial charge in [0.2, 0.25) is 0 Å². The zero-order valence-electron chi connectivity index (χ0n) is 20.5. The van der Waals surface area contributed by atoms with Gasteiger partial charge >= 0.3 is 17.9 Å². The number of carbonyl (C=O) groups is 3. The third-order valence-corrected chi connectivity index (χ3v) is 5.74. The molecule has 0 saturated heterocycles. The maximum absolute atomic E-state index is 12.7. The summed E-state index contributed by atoms with van der Waals surface area (Å²) < 4.78 is 26.2. The maximum Gasteiger partial charge on any atom is 0.349 e. The molecule has 1 N–H and O–H groups in total. The van der Waals surface area contributed by atoms with Crippen molar-refractivity contribution in [2.45, 2.75) is 19.8 Å². The molecule has 0 saturated carbocycles. The van der Waals surface area contributed by atoms with Crippen molar-refractivity contribution >= 4 is 29.5 Å². The predicted octanol–water partition coefficient (Wildman–Crippen LogP) is 3.91. The molecule has 0 fully saturated rings. The van der Waals surface area contributed by atoms with Gasteiger partial charge in [0.25, 0.3) is 0 Å². The summed E-state index contributed by atoms with van der Waals surface area (Å²) in [6.07, 6.45) is 0. The fraction of sp³-hybridized carbons (Fsp3) is 0.269. The number of hydrogen-bond acceptors (Lipinski definition) is 9. The van der Waals surface area contributed by atoms with Gasteiger partial charge < -0.3 is 29.0 Å². The minimum absolute atomic E-state index is 0.139. The smallest absolute Gasteiger partial charge is 0.349 e. The molecule has 0 radical (unpaired) electrons. The van der Waals surface area contributed by atoms with Crippen LogP contribution in [0.5, 0.6) is 17.2 Å². The first-order valence-electron chi connectivity index (χ1n) is 10.8. The molecule has 10 heteroatoms. The van der Waals surface area contributed by atoms with Gasteiger partial charge in [-0.2, -0.15) is 0 Å². The monoisotopic (exact) mass is 515 g/mol. The van der Waals surface area contributed by atoms with Crippen LogP contribution in [0.25, 0.3) is 0 Å². The Kier molecular flexibility index (Phi) is 8.60. The molecule has 0 spiro atoms. The van der Waals surface area contributed by atoms with Crippen molar-refractivity contribution in [3.8, 4) is 17.2 Å². The molecule has 0 atom stereocenters. The average Bonchev–Trinajstić information content (AvgIpc) is 2.87. The molecule has 1 aliphatic heterocycles. The van der Waals surface area contributed by atoms with Crippen molar-refractivity contribution in [3.63, 3.8) is 0 Å². The molecule has 190 valence electrons. The summed E-state index contributed by atoms with van der Waals surface area (Å²) in [6.45, 7) is 3.08. The van der Waals surface area contributed by atoms with E-state index in [1.807, 2.05) is 0 Å². The van der Waals surface area contributed by atoms with Crippen LogP contribution in [0, 0.1) is 0 Å². The lowest BCUT2D eigenvalue weighted by atomic mass is 9.80. The quantitative estimate of drug-likeness (QED) is 0.413. The second kappa shape index (κ2) is 11.6. The molecular formula is C26H26ClNO8. The lowest BCUT2D eigenvalue weighted by Gasteiger charge is -2.30. The molecular weight excluding hydrogens is 490 g/mol. The van der Waals surface area contributed by atoms with Gasteiger partial charge in [0.15, 0.2) is 18.1 Å². The van der Waals surface area contributed by atoms with Crippen LogP contribution in [0.2, 0.25) is 5.02 Å². The third kappa shape index (κ3) is 5.80. The van der Waals surface area contributed by atoms with Crippen molar-refractivity contribution in [1.82, 2.24) is 5.32 Å². The normalized spacial score (nSPS) is 13.6. The van der Waals surface area contributed by atoms with Crippen LogP contribution in [0.1, 0.15) is 25.3 Å². The van der Waals surface area contributed by atoms with E-state index in [0.717, 1.165) is 0 Å². The molecule has 0 amide bonds. The number of carbonyl (C=O) groups excluding carboxylic acids is 3. The van der Waals surface area contributed by atoms with Gasteiger partial charge in [0, 0.05) is 16.4 Å². The fourth-order valence-electron chi connectivity index (χ4n) is 3.86. The first-order chi connectivity index (χ1) is 17.2. The number of dihydropyridines is 1. The minimum Gasteiger partial charge on any atom is -0.493 e. The highest BCUT2D eigenvalue weighted by Gasteiger charge is 2.38. The first-order valence-corrected chi connectivity index (χ1v) is 11.2. The van der Waals surface area contributed by atoms with Gasteiger partial charge in [-0.3, -0.25) is 0 Å². The summed E-state index contributed by atoms with van der Waals surface area (Å²) in [5, 5.41) is 3.59. The van der Waals surface area contributed by atoms with E-state index in [2.05, 4.69) is 5.32 Å². The Balaban J connectivity index is 1.91. The molecule has 0 aliphatic carbocycles. The highest BCUT2D eigenvalue weighted by molar-refractivity contribution is 6.30. The van der Waals surface area contributed by atoms with Crippen molar-refractivity contribution < 1.29 is 38.1 Å². The van der Waals surface area contributed by atoms with Crippen LogP contribution in [-0.2, 0) is 23.9 Å². The predicted molar refractivity (Wildman–Crippen MR) is 131 cm³/mol. The Morgan fingerprint density at radius 3 is 1.97 bits per heavy atom. The van der Waals surface area contributed by atoms with Crippen LogP contribution in [0.15, 0.2) is 65.0 Å². The summed E-state index contributed by atoms with van der Waals surface area (Å²) >= 11 is 5.85. The maximum atomic E-state index is 12.7. The Labute approximate surface area is 213 Å². The number of esters is 3. The zero-order chi connectivity index (χ0) is 26.4. The number of nitrogens with one attached hydrogen (secondary N) is 1. The Bertz CT molecular complexity index is 1200. The van der Waals surface area contributed by atoms with Crippen LogP contribution >= 0.6 is 11.6 Å². The van der Waals surface area contributed by atoms with Crippen molar-refractivity contribution in [1.29, 1.82) is 0 Å². The van der Waals surface area contributed by atoms with Gasteiger partial charge in [-0.1, -0.05) is 17.7 Å². The van der Waals surface area contributed by atoms with E-state index >= 15 is 0 Å². The SMILES string of the molecule is COC(=O)C1=C(C)NC(C)=C(C(=O)OC)C1c1ccc(OC(=O)COc2ccc(Cl)cc2)c(OC)c1. The molecule has 2 aromatic rings. The summed E-state index contributed by atoms with van der Waals surface area (Å²) in [5.74, 6) is -1.86. The number of methoxy groups -OCH3 is 3. The number of hydrogen-bond donors (Lipinski definition) is 1. The van der Waals surface area contributed by atoms with Gasteiger partial charge in [-0.05, 0) is 55.8 Å². The molecule has 2 aromatic carbocycles. The fourth-order valence-corrected chi connectivity index (χ4v) is 3.99. The largest absolute Gasteiger partial charge is 0.493 e. The summed E-state index contributed by atoms with van der Waals surface area (Å²) in [5.41, 5.74) is 2.08. The van der Waals surface area contributed by atoms with E-state index in [1.165, 1.54) is 27.4 Å². The molecule has 1 heterocycles. The minimum atomic E-state index is -0.807. The highest BCUT2D eigenvalue weighted by Crippen LogP contribution is 2.42. The van der Waals surface area contributed by atoms with Crippen LogP contribution in [-0.4, -0.2) is 45.8 Å². The van der Waals surface area contributed by atoms with Crippen LogP contribution in [0.3, 0.4) is 0 Å². The van der Waals surface area contributed by atoms with Gasteiger partial charge in [-0.25, -0.2) is 14.4 Å². The topological polar surface area (TPSA) is 109 Å². The number of allylic oxidation sites excluding steroid dienone is 2. The Morgan fingerprint density at radius 1 is 0.861 bits per heavy atom. The molecule has 3 rings (SSSR count). The zero-order valence-corrected chi connectivity index (χ0v) is 21.2. The molecule has 0 aromatic heterocycles. The Hall–Kier alpha value is -3.98. The number of ether oxygens (including phenoxy) is 5. The van der Waals surface area contributed by atoms with E-state index in [0.29, 0.717) is 27.7 Å². The summed E-state index contributed by atoms with van der Waals surface area (Å²) in [6, 6.07) is 11.3. The van der Waals surface area contributed by atoms with E-state index in [1.54, 1.807) is 50.2 Å². The van der Waals surface area contributed by atoms with Crippen molar-refractivity contribution in [2.24, 2.45) is 0 Å². The van der Waals surface area contributed by atoms with E-state index < -0.39 is 23.8 Å². The van der Waals surface area contributed by atoms with Crippen molar-refractivity contribution in [2.75, 3.05) is 27.9 Å². The lowest BCUT2D eigenvalue weighted by Crippen LogP contribution is -2.32. The van der Waals surface area contributed by atoms with Crippen LogP contribution < -0.4 is 19.5 Å². The summed E-state index contributed by atoms with van der Waals surface area (Å²) in [4.78, 5) is 37.7. The van der Waals surface area contributed by atoms with Gasteiger partial charge in [0.05, 0.1) is 38.4 Å². The Morgan fingerprint density at radius 2 is 1.44 bits per heavy atom. The number of rotatable bonds is 8. The summed E-state index contributed by atoms with van der Waals surface area (Å²) in [7, 11) is 3.93. The first kappa shape index (κ1) is 26.6. The lowest BCUT2D eigenvalue weighted by molar-refractivity contribution is -0.138. The van der Waals surface area contributed by atoms with Crippen LogP contribution in [0.4, 0.5) is 0 Å². The molecule has 0 unspecified atom stereocenters. The molecule has 36 heavy (non-hydrogen) atoms. The third-order valence-electron chi connectivity index (χ3n) is 5.49. The van der Waals surface area contributed by atoms with E-state index in [9.17, 15) is 14.4 Å². The van der Waals surface area contributed by atoms with E-state index in [4.69, 9.17) is 35.3 Å². The van der Waals surface area contributed by atoms with Gasteiger partial charge in [0.1, 0.15) is 5.75 Å². The molecule has 0 bridgehead atoms. The van der Waals surface area contributed by atoms with Gasteiger partial charge in [-0.15, -0.1) is 0 Å². The number of benzene rings is 2. The second-order valence-electron chi connectivity index (χ2n) is 7.75.